The predicted molar refractivity (Wildman–Crippen MR) is 60.4 cm³/mol. The zero-order chi connectivity index (χ0) is 11.0. The smallest absolute Gasteiger partial charge is 0.314 e. The number of amides is 2. The maximum atomic E-state index is 11.1. The quantitative estimate of drug-likeness (QED) is 0.671. The highest BCUT2D eigenvalue weighted by Crippen LogP contribution is 2.27. The zero-order valence-electron chi connectivity index (χ0n) is 9.94. The number of carbonyl (C=O) groups is 1. The second-order valence-corrected chi connectivity index (χ2v) is 3.83. The molecule has 3 nitrogen and oxygen atoms in total. The van der Waals surface area contributed by atoms with Crippen LogP contribution in [0, 0.1) is 0 Å². The van der Waals surface area contributed by atoms with Crippen LogP contribution in [0.4, 0.5) is 4.79 Å². The minimum absolute atomic E-state index is 0.0400. The lowest BCUT2D eigenvalue weighted by atomic mass is 9.83. The average Bonchev–Trinajstić information content (AvgIpc) is 2.21. The van der Waals surface area contributed by atoms with Crippen molar-refractivity contribution >= 4 is 6.03 Å². The molecule has 0 aromatic carbocycles. The minimum atomic E-state index is -0.0561. The van der Waals surface area contributed by atoms with E-state index < -0.39 is 0 Å². The Morgan fingerprint density at radius 3 is 2.07 bits per heavy atom. The van der Waals surface area contributed by atoms with Gasteiger partial charge in [-0.3, -0.25) is 0 Å². The first kappa shape index (κ1) is 13.3. The molecule has 0 aliphatic heterocycles. The van der Waals surface area contributed by atoms with Gasteiger partial charge in [-0.2, -0.15) is 0 Å². The summed E-state index contributed by atoms with van der Waals surface area (Å²) in [7, 11) is 1.65. The second-order valence-electron chi connectivity index (χ2n) is 3.83. The van der Waals surface area contributed by atoms with E-state index in [0.717, 1.165) is 12.8 Å². The summed E-state index contributed by atoms with van der Waals surface area (Å²) in [6, 6.07) is -0.0561. The molecule has 0 radical (unpaired) electrons. The number of nitrogens with one attached hydrogen (secondary N) is 2. The lowest BCUT2D eigenvalue weighted by Crippen LogP contribution is -2.50. The van der Waals surface area contributed by atoms with Gasteiger partial charge in [-0.05, 0) is 19.8 Å². The molecule has 1 rings (SSSR count). The molecule has 2 amide bonds. The van der Waals surface area contributed by atoms with Crippen LogP contribution in [0.3, 0.4) is 0 Å². The molecule has 0 atom stereocenters. The highest BCUT2D eigenvalue weighted by Gasteiger charge is 2.27. The molecule has 0 saturated heterocycles. The van der Waals surface area contributed by atoms with Crippen molar-refractivity contribution in [2.45, 2.75) is 58.4 Å². The molecule has 0 spiro atoms. The van der Waals surface area contributed by atoms with Crippen LogP contribution in [0.15, 0.2) is 0 Å². The van der Waals surface area contributed by atoms with Gasteiger partial charge in [0, 0.05) is 12.6 Å². The Balaban J connectivity index is 0.000000791. The highest BCUT2D eigenvalue weighted by molar-refractivity contribution is 5.74. The lowest BCUT2D eigenvalue weighted by Gasteiger charge is -2.34. The van der Waals surface area contributed by atoms with Gasteiger partial charge in [-0.15, -0.1) is 0 Å². The molecule has 0 heterocycles. The summed E-state index contributed by atoms with van der Waals surface area (Å²) in [5, 5.41) is 5.58. The first-order valence-corrected chi connectivity index (χ1v) is 5.66. The molecule has 1 fully saturated rings. The standard InChI is InChI=1S/C9H18N2O.C2H6/c1-9(11-8(12)10-2)6-4-3-5-7-9;1-2/h3-7H2,1-2H3,(H2,10,11,12);1-2H3. The van der Waals surface area contributed by atoms with Crippen LogP contribution in [0.2, 0.25) is 0 Å². The molecule has 84 valence electrons. The Hall–Kier alpha value is -0.730. The fourth-order valence-corrected chi connectivity index (χ4v) is 1.79. The molecular weight excluding hydrogens is 176 g/mol. The van der Waals surface area contributed by atoms with Crippen LogP contribution in [0.1, 0.15) is 52.9 Å². The Morgan fingerprint density at radius 2 is 1.64 bits per heavy atom. The molecule has 2 N–H and O–H groups in total. The molecule has 3 heteroatoms. The van der Waals surface area contributed by atoms with Gasteiger partial charge in [-0.25, -0.2) is 4.79 Å². The van der Waals surface area contributed by atoms with E-state index in [1.807, 2.05) is 13.8 Å². The minimum Gasteiger partial charge on any atom is -0.341 e. The van der Waals surface area contributed by atoms with Crippen LogP contribution in [0.25, 0.3) is 0 Å². The molecule has 0 unspecified atom stereocenters. The van der Waals surface area contributed by atoms with E-state index in [2.05, 4.69) is 17.6 Å². The highest BCUT2D eigenvalue weighted by atomic mass is 16.2. The fourth-order valence-electron chi connectivity index (χ4n) is 1.79. The summed E-state index contributed by atoms with van der Waals surface area (Å²) in [6.07, 6.45) is 6.01. The molecule has 1 aliphatic carbocycles. The van der Waals surface area contributed by atoms with E-state index in [9.17, 15) is 4.79 Å². The van der Waals surface area contributed by atoms with Crippen molar-refractivity contribution < 1.29 is 4.79 Å². The second kappa shape index (κ2) is 6.68. The first-order valence-electron chi connectivity index (χ1n) is 5.66. The number of hydrogen-bond donors (Lipinski definition) is 2. The third-order valence-corrected chi connectivity index (χ3v) is 2.60. The number of rotatable bonds is 1. The van der Waals surface area contributed by atoms with Crippen molar-refractivity contribution in [3.63, 3.8) is 0 Å². The Bertz CT molecular complexity index is 163. The van der Waals surface area contributed by atoms with E-state index in [0.29, 0.717) is 0 Å². The van der Waals surface area contributed by atoms with Crippen LogP contribution in [-0.4, -0.2) is 18.6 Å². The van der Waals surface area contributed by atoms with Crippen molar-refractivity contribution in [3.05, 3.63) is 0 Å². The molecule has 14 heavy (non-hydrogen) atoms. The normalized spacial score (nSPS) is 18.9. The van der Waals surface area contributed by atoms with Crippen molar-refractivity contribution in [3.8, 4) is 0 Å². The average molecular weight is 200 g/mol. The third kappa shape index (κ3) is 4.49. The van der Waals surface area contributed by atoms with Crippen molar-refractivity contribution in [2.24, 2.45) is 0 Å². The van der Waals surface area contributed by atoms with Gasteiger partial charge >= 0.3 is 6.03 Å². The van der Waals surface area contributed by atoms with E-state index in [1.54, 1.807) is 7.05 Å². The Labute approximate surface area is 87.6 Å². The van der Waals surface area contributed by atoms with Crippen LogP contribution >= 0.6 is 0 Å². The van der Waals surface area contributed by atoms with Gasteiger partial charge in [0.2, 0.25) is 0 Å². The van der Waals surface area contributed by atoms with Gasteiger partial charge < -0.3 is 10.6 Å². The number of hydrogen-bond acceptors (Lipinski definition) is 1. The maximum Gasteiger partial charge on any atom is 0.314 e. The number of carbonyl (C=O) groups excluding carboxylic acids is 1. The summed E-state index contributed by atoms with van der Waals surface area (Å²) in [4.78, 5) is 11.1. The Morgan fingerprint density at radius 1 is 1.14 bits per heavy atom. The van der Waals surface area contributed by atoms with Gasteiger partial charge in [0.1, 0.15) is 0 Å². The monoisotopic (exact) mass is 200 g/mol. The summed E-state index contributed by atoms with van der Waals surface area (Å²) in [6.45, 7) is 6.13. The summed E-state index contributed by atoms with van der Waals surface area (Å²) < 4.78 is 0. The van der Waals surface area contributed by atoms with E-state index in [4.69, 9.17) is 0 Å². The van der Waals surface area contributed by atoms with Gasteiger partial charge in [0.05, 0.1) is 0 Å². The van der Waals surface area contributed by atoms with Crippen molar-refractivity contribution in [1.29, 1.82) is 0 Å². The molecule has 0 bridgehead atoms. The SMILES string of the molecule is CC.CNC(=O)NC1(C)CCCCC1. The Kier molecular flexibility index (Phi) is 6.34. The molecule has 1 saturated carbocycles. The largest absolute Gasteiger partial charge is 0.341 e. The summed E-state index contributed by atoms with van der Waals surface area (Å²) >= 11 is 0. The van der Waals surface area contributed by atoms with E-state index >= 15 is 0 Å². The summed E-state index contributed by atoms with van der Waals surface area (Å²) in [5.41, 5.74) is 0.0400. The third-order valence-electron chi connectivity index (χ3n) is 2.60. The predicted octanol–water partition coefficient (Wildman–Crippen LogP) is 2.66. The van der Waals surface area contributed by atoms with Gasteiger partial charge in [-0.1, -0.05) is 33.1 Å². The van der Waals surface area contributed by atoms with Crippen molar-refractivity contribution in [1.82, 2.24) is 10.6 Å². The maximum absolute atomic E-state index is 11.1. The van der Waals surface area contributed by atoms with E-state index in [-0.39, 0.29) is 11.6 Å². The molecule has 0 aromatic rings. The first-order chi connectivity index (χ1) is 6.66. The number of urea groups is 1. The van der Waals surface area contributed by atoms with Crippen LogP contribution in [0.5, 0.6) is 0 Å². The topological polar surface area (TPSA) is 41.1 Å². The van der Waals surface area contributed by atoms with Gasteiger partial charge in [0.15, 0.2) is 0 Å². The zero-order valence-corrected chi connectivity index (χ0v) is 9.94. The van der Waals surface area contributed by atoms with Crippen LogP contribution < -0.4 is 10.6 Å². The molecule has 0 aromatic heterocycles. The van der Waals surface area contributed by atoms with Gasteiger partial charge in [0.25, 0.3) is 0 Å². The van der Waals surface area contributed by atoms with Crippen LogP contribution in [-0.2, 0) is 0 Å². The lowest BCUT2D eigenvalue weighted by molar-refractivity contribution is 0.213. The molecular formula is C11H24N2O. The van der Waals surface area contributed by atoms with E-state index in [1.165, 1.54) is 19.3 Å². The fraction of sp³-hybridized carbons (Fsp3) is 0.909. The summed E-state index contributed by atoms with van der Waals surface area (Å²) in [5.74, 6) is 0. The molecule has 1 aliphatic rings. The van der Waals surface area contributed by atoms with Crippen molar-refractivity contribution in [2.75, 3.05) is 7.05 Å².